The van der Waals surface area contributed by atoms with Gasteiger partial charge < -0.3 is 24.7 Å². The fourth-order valence-corrected chi connectivity index (χ4v) is 2.78. The van der Waals surface area contributed by atoms with E-state index in [9.17, 15) is 0 Å². The van der Waals surface area contributed by atoms with Crippen LogP contribution in [-0.4, -0.2) is 30.3 Å². The molecule has 4 heteroatoms. The van der Waals surface area contributed by atoms with Gasteiger partial charge in [-0.3, -0.25) is 0 Å². The number of ether oxygens (including phenoxy) is 1. The average Bonchev–Trinajstić information content (AvgIpc) is 2.98. The van der Waals surface area contributed by atoms with Gasteiger partial charge in [0, 0.05) is 25.2 Å². The summed E-state index contributed by atoms with van der Waals surface area (Å²) in [6, 6.07) is 0. The van der Waals surface area contributed by atoms with E-state index in [2.05, 4.69) is 0 Å². The van der Waals surface area contributed by atoms with Crippen molar-refractivity contribution in [2.75, 3.05) is 19.8 Å². The van der Waals surface area contributed by atoms with Crippen LogP contribution in [0.5, 0.6) is 0 Å². The molecule has 0 atom stereocenters. The zero-order valence-electron chi connectivity index (χ0n) is 13.2. The topological polar surface area (TPSA) is 29.5 Å². The Kier molecular flexibility index (Phi) is 22.8. The van der Waals surface area contributed by atoms with Gasteiger partial charge in [-0.1, -0.05) is 25.7 Å². The Morgan fingerprint density at radius 1 is 0.950 bits per heavy atom. The second kappa shape index (κ2) is 17.8. The maximum absolute atomic E-state index is 8.48. The fourth-order valence-electron chi connectivity index (χ4n) is 2.47. The third-order valence-electron chi connectivity index (χ3n) is 3.56. The molecule has 2 nitrogen and oxygen atoms in total. The smallest absolute Gasteiger partial charge is 0.396 e. The SMILES string of the molecule is ClC1CCCC1.OCCCOCC1CCCC1.[CH3-].[CH3-].[Fe+2]. The van der Waals surface area contributed by atoms with Crippen molar-refractivity contribution in [3.63, 3.8) is 0 Å². The van der Waals surface area contributed by atoms with E-state index >= 15 is 0 Å². The molecule has 0 radical (unpaired) electrons. The van der Waals surface area contributed by atoms with Crippen LogP contribution in [0.25, 0.3) is 0 Å². The maximum atomic E-state index is 8.48. The average molecular weight is 349 g/mol. The first kappa shape index (κ1) is 25.7. The molecule has 0 aromatic heterocycles. The van der Waals surface area contributed by atoms with Gasteiger partial charge in [0.15, 0.2) is 0 Å². The summed E-state index contributed by atoms with van der Waals surface area (Å²) < 4.78 is 5.40. The van der Waals surface area contributed by atoms with Crippen molar-refractivity contribution >= 4 is 11.6 Å². The predicted octanol–water partition coefficient (Wildman–Crippen LogP) is 4.64. The molecule has 2 fully saturated rings. The van der Waals surface area contributed by atoms with Gasteiger partial charge in [-0.2, -0.15) is 0 Å². The molecule has 20 heavy (non-hydrogen) atoms. The van der Waals surface area contributed by atoms with Crippen LogP contribution in [0.15, 0.2) is 0 Å². The van der Waals surface area contributed by atoms with Crippen LogP contribution in [0, 0.1) is 20.8 Å². The number of hydrogen-bond acceptors (Lipinski definition) is 2. The molecule has 0 unspecified atom stereocenters. The van der Waals surface area contributed by atoms with E-state index in [1.807, 2.05) is 0 Å². The van der Waals surface area contributed by atoms with Crippen molar-refractivity contribution < 1.29 is 26.9 Å². The minimum atomic E-state index is 0. The van der Waals surface area contributed by atoms with Crippen molar-refractivity contribution in [2.45, 2.75) is 63.2 Å². The molecule has 124 valence electrons. The van der Waals surface area contributed by atoms with E-state index < -0.39 is 0 Å². The molecule has 0 heterocycles. The van der Waals surface area contributed by atoms with Crippen LogP contribution in [0.4, 0.5) is 0 Å². The molecule has 1 N–H and O–H groups in total. The summed E-state index contributed by atoms with van der Waals surface area (Å²) in [5.74, 6) is 0.814. The van der Waals surface area contributed by atoms with Gasteiger partial charge in [0.1, 0.15) is 0 Å². The Labute approximate surface area is 142 Å². The van der Waals surface area contributed by atoms with Crippen molar-refractivity contribution in [2.24, 2.45) is 5.92 Å². The molecule has 2 saturated carbocycles. The van der Waals surface area contributed by atoms with Crippen molar-refractivity contribution in [3.05, 3.63) is 14.9 Å². The molecule has 0 spiro atoms. The zero-order chi connectivity index (χ0) is 12.3. The van der Waals surface area contributed by atoms with Crippen LogP contribution in [0.3, 0.4) is 0 Å². The molecule has 2 aliphatic rings. The molecule has 2 aliphatic carbocycles. The fraction of sp³-hybridized carbons (Fsp3) is 0.875. The van der Waals surface area contributed by atoms with E-state index in [1.54, 1.807) is 0 Å². The van der Waals surface area contributed by atoms with E-state index in [-0.39, 0.29) is 38.5 Å². The van der Waals surface area contributed by atoms with Gasteiger partial charge >= 0.3 is 17.1 Å². The third kappa shape index (κ3) is 13.7. The molecule has 0 amide bonds. The molecule has 0 aliphatic heterocycles. The van der Waals surface area contributed by atoms with Crippen LogP contribution in [0.2, 0.25) is 0 Å². The van der Waals surface area contributed by atoms with Gasteiger partial charge in [0.05, 0.1) is 0 Å². The van der Waals surface area contributed by atoms with E-state index in [0.717, 1.165) is 25.6 Å². The van der Waals surface area contributed by atoms with Gasteiger partial charge in [0.25, 0.3) is 0 Å². The first-order valence-corrected chi connectivity index (χ1v) is 7.59. The summed E-state index contributed by atoms with van der Waals surface area (Å²) in [7, 11) is 0. The Morgan fingerprint density at radius 2 is 1.45 bits per heavy atom. The summed E-state index contributed by atoms with van der Waals surface area (Å²) in [5.41, 5.74) is 0. The molecular formula is C16H33ClFeO2. The van der Waals surface area contributed by atoms with E-state index in [1.165, 1.54) is 51.4 Å². The minimum absolute atomic E-state index is 0. The van der Waals surface area contributed by atoms with E-state index in [4.69, 9.17) is 21.4 Å². The normalized spacial score (nSPS) is 18.3. The minimum Gasteiger partial charge on any atom is -0.396 e. The number of hydrogen-bond donors (Lipinski definition) is 1. The monoisotopic (exact) mass is 348 g/mol. The Hall–Kier alpha value is 0.729. The molecule has 0 saturated heterocycles. The largest absolute Gasteiger partial charge is 2.00 e. The predicted molar refractivity (Wildman–Crippen MR) is 85.4 cm³/mol. The van der Waals surface area contributed by atoms with Crippen LogP contribution in [-0.2, 0) is 21.8 Å². The Morgan fingerprint density at radius 3 is 1.85 bits per heavy atom. The molecule has 0 aromatic rings. The zero-order valence-corrected chi connectivity index (χ0v) is 15.1. The van der Waals surface area contributed by atoms with E-state index in [0.29, 0.717) is 5.38 Å². The second-order valence-corrected chi connectivity index (χ2v) is 5.80. The summed E-state index contributed by atoms with van der Waals surface area (Å²) >= 11 is 5.71. The molecule has 0 bridgehead atoms. The first-order chi connectivity index (χ1) is 8.33. The number of alkyl halides is 1. The second-order valence-electron chi connectivity index (χ2n) is 5.18. The van der Waals surface area contributed by atoms with Gasteiger partial charge in [-0.15, -0.1) is 11.6 Å². The quantitative estimate of drug-likeness (QED) is 0.339. The van der Waals surface area contributed by atoms with Gasteiger partial charge in [0.2, 0.25) is 0 Å². The Bertz CT molecular complexity index is 170. The van der Waals surface area contributed by atoms with Crippen molar-refractivity contribution in [3.8, 4) is 0 Å². The number of aliphatic hydroxyl groups excluding tert-OH is 1. The summed E-state index contributed by atoms with van der Waals surface area (Å²) in [6.07, 6.45) is 11.5. The van der Waals surface area contributed by atoms with Gasteiger partial charge in [-0.25, -0.2) is 0 Å². The number of halogens is 1. The third-order valence-corrected chi connectivity index (χ3v) is 4.00. The number of rotatable bonds is 5. The molecule has 2 rings (SSSR count). The molecular weight excluding hydrogens is 315 g/mol. The first-order valence-electron chi connectivity index (χ1n) is 7.15. The summed E-state index contributed by atoms with van der Waals surface area (Å²) in [5, 5.41) is 9.00. The van der Waals surface area contributed by atoms with Crippen LogP contribution >= 0.6 is 11.6 Å². The molecule has 0 aromatic carbocycles. The summed E-state index contributed by atoms with van der Waals surface area (Å²) in [6.45, 7) is 1.90. The van der Waals surface area contributed by atoms with Gasteiger partial charge in [-0.05, 0) is 38.0 Å². The van der Waals surface area contributed by atoms with Crippen molar-refractivity contribution in [1.29, 1.82) is 0 Å². The van der Waals surface area contributed by atoms with Crippen molar-refractivity contribution in [1.82, 2.24) is 0 Å². The standard InChI is InChI=1S/C9H18O2.C5H9Cl.2CH3.Fe/c10-6-3-7-11-8-9-4-1-2-5-9;6-5-3-1-2-4-5;;;/h9-10H,1-8H2;5H,1-4H2;2*1H3;/q;;2*-1;+2. The maximum Gasteiger partial charge on any atom is 2.00 e. The Balaban J connectivity index is -0.000000281. The number of aliphatic hydroxyl groups is 1. The van der Waals surface area contributed by atoms with Crippen LogP contribution < -0.4 is 0 Å². The summed E-state index contributed by atoms with van der Waals surface area (Å²) in [4.78, 5) is 0. The van der Waals surface area contributed by atoms with Crippen LogP contribution in [0.1, 0.15) is 57.8 Å².